The van der Waals surface area contributed by atoms with E-state index in [-0.39, 0.29) is 27.3 Å². The molecule has 0 spiro atoms. The molecule has 43 heavy (non-hydrogen) atoms. The Morgan fingerprint density at radius 2 is 1.81 bits per heavy atom. The van der Waals surface area contributed by atoms with Gasteiger partial charge < -0.3 is 18.9 Å². The number of esters is 1. The summed E-state index contributed by atoms with van der Waals surface area (Å²) in [6, 6.07) is 3.59. The zero-order valence-electron chi connectivity index (χ0n) is 24.4. The minimum Gasteiger partial charge on any atom is -0.496 e. The summed E-state index contributed by atoms with van der Waals surface area (Å²) in [6.07, 6.45) is 3.08. The lowest BCUT2D eigenvalue weighted by Crippen LogP contribution is -2.53. The van der Waals surface area contributed by atoms with Gasteiger partial charge in [-0.15, -0.1) is 4.80 Å². The second kappa shape index (κ2) is 12.1. The van der Waals surface area contributed by atoms with E-state index in [0.29, 0.717) is 15.2 Å². The summed E-state index contributed by atoms with van der Waals surface area (Å²) in [5.41, 5.74) is -2.29. The van der Waals surface area contributed by atoms with Gasteiger partial charge >= 0.3 is 17.8 Å². The van der Waals surface area contributed by atoms with Gasteiger partial charge in [0, 0.05) is 12.6 Å². The smallest absolute Gasteiger partial charge is 0.429 e. The Kier molecular flexibility index (Phi) is 8.70. The molecule has 0 aliphatic rings. The molecule has 0 atom stereocenters. The number of carbonyl (C=O) groups excluding carboxylic acids is 2. The van der Waals surface area contributed by atoms with Crippen LogP contribution in [-0.2, 0) is 19.0 Å². The third-order valence-electron chi connectivity index (χ3n) is 5.92. The number of benzene rings is 1. The van der Waals surface area contributed by atoms with Crippen molar-refractivity contribution in [2.45, 2.75) is 33.3 Å². The number of aryl methyl sites for hydroxylation is 1. The minimum atomic E-state index is -0.998. The van der Waals surface area contributed by atoms with Crippen LogP contribution < -0.4 is 21.0 Å². The molecule has 0 bridgehead atoms. The first-order valence-corrected chi connectivity index (χ1v) is 13.5. The van der Waals surface area contributed by atoms with Crippen molar-refractivity contribution in [1.29, 1.82) is 0 Å². The topological polar surface area (TPSA) is 149 Å². The average molecular weight is 617 g/mol. The van der Waals surface area contributed by atoms with Crippen molar-refractivity contribution in [3.8, 4) is 10.8 Å². The summed E-state index contributed by atoms with van der Waals surface area (Å²) in [4.78, 5) is 54.3. The fraction of sp³-hybridized carbons (Fsp3) is 0.333. The van der Waals surface area contributed by atoms with Crippen molar-refractivity contribution in [1.82, 2.24) is 24.2 Å². The Hall–Kier alpha value is -4.99. The van der Waals surface area contributed by atoms with Crippen molar-refractivity contribution < 1.29 is 32.9 Å². The predicted molar refractivity (Wildman–Crippen MR) is 155 cm³/mol. The largest absolute Gasteiger partial charge is 0.496 e. The maximum Gasteiger partial charge on any atom is 0.429 e. The zero-order chi connectivity index (χ0) is 31.6. The van der Waals surface area contributed by atoms with Gasteiger partial charge in [0.2, 0.25) is 0 Å². The van der Waals surface area contributed by atoms with Gasteiger partial charge in [-0.3, -0.25) is 9.36 Å². The van der Waals surface area contributed by atoms with E-state index in [2.05, 4.69) is 14.9 Å². The number of amides is 1. The van der Waals surface area contributed by atoms with Crippen molar-refractivity contribution >= 4 is 45.6 Å². The van der Waals surface area contributed by atoms with Crippen molar-refractivity contribution in [2.75, 3.05) is 32.9 Å². The van der Waals surface area contributed by atoms with Gasteiger partial charge in [0.1, 0.15) is 32.8 Å². The standard InChI is InChI=1S/C27H29FN6O8S/c1-15-21-22(36)33(31(5)26(38)42-27(2,3)4)25(37)32(24(21)43-23(15)34-29-10-11-30-34)13-19(41-14-20(35)40-7)17-12-16(28)8-9-18(17)39-6/h8-13H,14H2,1-7H3. The van der Waals surface area contributed by atoms with Crippen LogP contribution in [0.4, 0.5) is 9.18 Å². The summed E-state index contributed by atoms with van der Waals surface area (Å²) >= 11 is 1.01. The van der Waals surface area contributed by atoms with Crippen LogP contribution >= 0.6 is 11.3 Å². The Morgan fingerprint density at radius 1 is 1.14 bits per heavy atom. The zero-order valence-corrected chi connectivity index (χ0v) is 25.2. The van der Waals surface area contributed by atoms with Gasteiger partial charge in [-0.1, -0.05) is 11.3 Å². The second-order valence-electron chi connectivity index (χ2n) is 10.0. The number of thiophene rings is 1. The van der Waals surface area contributed by atoms with E-state index in [4.69, 9.17) is 14.2 Å². The number of aromatic nitrogens is 5. The Balaban J connectivity index is 2.09. The Morgan fingerprint density at radius 3 is 2.42 bits per heavy atom. The van der Waals surface area contributed by atoms with Crippen molar-refractivity contribution in [3.63, 3.8) is 0 Å². The molecule has 1 amide bonds. The molecule has 0 saturated carbocycles. The number of fused-ring (bicyclic) bond motifs is 1. The van der Waals surface area contributed by atoms with Crippen LogP contribution in [0.15, 0.2) is 40.2 Å². The molecule has 0 fully saturated rings. The molecule has 0 aliphatic carbocycles. The first-order chi connectivity index (χ1) is 20.3. The Bertz CT molecular complexity index is 1830. The third kappa shape index (κ3) is 6.28. The lowest BCUT2D eigenvalue weighted by Gasteiger charge is -2.25. The van der Waals surface area contributed by atoms with E-state index in [1.807, 2.05) is 0 Å². The second-order valence-corrected chi connectivity index (χ2v) is 11.0. The number of rotatable bonds is 8. The van der Waals surface area contributed by atoms with Gasteiger partial charge in [-0.2, -0.15) is 14.9 Å². The van der Waals surface area contributed by atoms with Crippen LogP contribution in [0.5, 0.6) is 5.75 Å². The fourth-order valence-electron chi connectivity index (χ4n) is 3.96. The van der Waals surface area contributed by atoms with Gasteiger partial charge in [0.25, 0.3) is 5.56 Å². The molecule has 4 rings (SSSR count). The Labute approximate surface area is 248 Å². The number of nitrogens with zero attached hydrogens (tertiary/aromatic N) is 6. The summed E-state index contributed by atoms with van der Waals surface area (Å²) in [5.74, 6) is -1.44. The molecular formula is C27H29FN6O8S. The quantitative estimate of drug-likeness (QED) is 0.214. The van der Waals surface area contributed by atoms with Crippen molar-refractivity contribution in [2.24, 2.45) is 0 Å². The highest BCUT2D eigenvalue weighted by Gasteiger charge is 2.28. The van der Waals surface area contributed by atoms with Gasteiger partial charge in [0.15, 0.2) is 6.61 Å². The number of carbonyl (C=O) groups is 2. The third-order valence-corrected chi connectivity index (χ3v) is 7.18. The molecule has 228 valence electrons. The van der Waals surface area contributed by atoms with E-state index in [1.165, 1.54) is 43.6 Å². The number of ether oxygens (including phenoxy) is 4. The van der Waals surface area contributed by atoms with Crippen LogP contribution in [-0.4, -0.2) is 69.8 Å². The van der Waals surface area contributed by atoms with Crippen LogP contribution in [0.2, 0.25) is 0 Å². The normalized spacial score (nSPS) is 11.9. The highest BCUT2D eigenvalue weighted by atomic mass is 32.1. The minimum absolute atomic E-state index is 0.0481. The molecule has 0 radical (unpaired) electrons. The van der Waals surface area contributed by atoms with Gasteiger partial charge in [-0.25, -0.2) is 23.8 Å². The molecular weight excluding hydrogens is 587 g/mol. The highest BCUT2D eigenvalue weighted by molar-refractivity contribution is 7.21. The SMILES string of the molecule is COC(=O)COC(=Cn1c(=O)n(N(C)C(=O)OC(C)(C)C)c(=O)c2c(C)c(-n3nccn3)sc21)c1cc(F)ccc1OC. The summed E-state index contributed by atoms with van der Waals surface area (Å²) in [6.45, 7) is 5.93. The number of halogens is 1. The molecule has 1 aromatic carbocycles. The molecule has 0 saturated heterocycles. The van der Waals surface area contributed by atoms with E-state index in [9.17, 15) is 23.6 Å². The first-order valence-electron chi connectivity index (χ1n) is 12.7. The lowest BCUT2D eigenvalue weighted by atomic mass is 10.1. The van der Waals surface area contributed by atoms with Gasteiger partial charge in [0.05, 0.1) is 43.8 Å². The summed E-state index contributed by atoms with van der Waals surface area (Å²) < 4.78 is 37.2. The molecule has 3 aromatic heterocycles. The van der Waals surface area contributed by atoms with Crippen molar-refractivity contribution in [3.05, 3.63) is 68.4 Å². The number of methoxy groups -OCH3 is 2. The molecule has 0 aliphatic heterocycles. The van der Waals surface area contributed by atoms with Crippen LogP contribution in [0.3, 0.4) is 0 Å². The number of hydrogen-bond acceptors (Lipinski definition) is 11. The predicted octanol–water partition coefficient (Wildman–Crippen LogP) is 2.91. The monoisotopic (exact) mass is 616 g/mol. The maximum atomic E-state index is 14.4. The van der Waals surface area contributed by atoms with E-state index in [0.717, 1.165) is 40.2 Å². The molecule has 0 unspecified atom stereocenters. The summed E-state index contributed by atoms with van der Waals surface area (Å²) in [5, 5.41) is 9.49. The summed E-state index contributed by atoms with van der Waals surface area (Å²) in [7, 11) is 3.72. The lowest BCUT2D eigenvalue weighted by molar-refractivity contribution is -0.143. The molecule has 3 heterocycles. The van der Waals surface area contributed by atoms with E-state index in [1.54, 1.807) is 27.7 Å². The molecule has 14 nitrogen and oxygen atoms in total. The van der Waals surface area contributed by atoms with Crippen LogP contribution in [0.1, 0.15) is 31.9 Å². The fourth-order valence-corrected chi connectivity index (χ4v) is 5.15. The van der Waals surface area contributed by atoms with Crippen LogP contribution in [0, 0.1) is 12.7 Å². The van der Waals surface area contributed by atoms with E-state index < -0.39 is 41.3 Å². The first kappa shape index (κ1) is 31.0. The van der Waals surface area contributed by atoms with E-state index >= 15 is 0 Å². The molecule has 4 aromatic rings. The van der Waals surface area contributed by atoms with Gasteiger partial charge in [-0.05, 0) is 45.9 Å². The van der Waals surface area contributed by atoms with Crippen LogP contribution in [0.25, 0.3) is 27.2 Å². The maximum absolute atomic E-state index is 14.4. The average Bonchev–Trinajstić information content (AvgIpc) is 3.59. The number of hydrogen-bond donors (Lipinski definition) is 0. The molecule has 16 heteroatoms. The highest BCUT2D eigenvalue weighted by Crippen LogP contribution is 2.33. The molecule has 0 N–H and O–H groups in total.